The summed E-state index contributed by atoms with van der Waals surface area (Å²) in [5.41, 5.74) is 2.47. The van der Waals surface area contributed by atoms with Crippen molar-refractivity contribution in [2.45, 2.75) is 18.4 Å². The predicted molar refractivity (Wildman–Crippen MR) is 115 cm³/mol. The second kappa shape index (κ2) is 10.3. The van der Waals surface area contributed by atoms with Gasteiger partial charge in [0.15, 0.2) is 0 Å². The Kier molecular flexibility index (Phi) is 8.15. The molecule has 6 heteroatoms. The van der Waals surface area contributed by atoms with Crippen LogP contribution in [0.1, 0.15) is 29.5 Å². The molecule has 2 amide bonds. The summed E-state index contributed by atoms with van der Waals surface area (Å²) in [7, 11) is 5.72. The fourth-order valence-corrected chi connectivity index (χ4v) is 3.66. The van der Waals surface area contributed by atoms with E-state index in [4.69, 9.17) is 4.74 Å². The molecule has 0 aromatic heterocycles. The standard InChI is InChI=1S/C22H29N3O2.ClH/c1-24(2)21(18-9-11-20(27-3)12-10-18)15-23-22(26)25-14-13-19(16-25)17-7-5-4-6-8-17;/h4-12,19,21H,13-16H2,1-3H3,(H,23,26);1H/t19-,21?;/m1./s1. The van der Waals surface area contributed by atoms with Crippen LogP contribution < -0.4 is 10.1 Å². The highest BCUT2D eigenvalue weighted by Gasteiger charge is 2.27. The number of likely N-dealkylation sites (tertiary alicyclic amines) is 1. The van der Waals surface area contributed by atoms with Gasteiger partial charge in [0.1, 0.15) is 5.75 Å². The topological polar surface area (TPSA) is 44.8 Å². The fourth-order valence-electron chi connectivity index (χ4n) is 3.66. The van der Waals surface area contributed by atoms with E-state index in [9.17, 15) is 4.79 Å². The van der Waals surface area contributed by atoms with Gasteiger partial charge in [-0.2, -0.15) is 0 Å². The molecule has 2 aromatic rings. The largest absolute Gasteiger partial charge is 0.497 e. The molecule has 1 heterocycles. The van der Waals surface area contributed by atoms with Gasteiger partial charge in [-0.3, -0.25) is 0 Å². The Balaban J connectivity index is 0.00000280. The lowest BCUT2D eigenvalue weighted by atomic mass is 9.99. The zero-order valence-electron chi connectivity index (χ0n) is 16.8. The number of methoxy groups -OCH3 is 1. The minimum Gasteiger partial charge on any atom is -0.497 e. The molecule has 1 unspecified atom stereocenters. The fraction of sp³-hybridized carbons (Fsp3) is 0.409. The summed E-state index contributed by atoms with van der Waals surface area (Å²) in [5, 5.41) is 3.12. The zero-order valence-corrected chi connectivity index (χ0v) is 17.6. The minimum absolute atomic E-state index is 0. The number of rotatable bonds is 6. The van der Waals surface area contributed by atoms with Crippen molar-refractivity contribution in [2.24, 2.45) is 0 Å². The van der Waals surface area contributed by atoms with E-state index in [-0.39, 0.29) is 24.5 Å². The average molecular weight is 404 g/mol. The number of urea groups is 1. The van der Waals surface area contributed by atoms with Gasteiger partial charge in [0.2, 0.25) is 0 Å². The number of amides is 2. The van der Waals surface area contributed by atoms with Crippen LogP contribution in [0.5, 0.6) is 5.75 Å². The van der Waals surface area contributed by atoms with Crippen LogP contribution in [-0.4, -0.2) is 56.7 Å². The molecule has 3 rings (SSSR count). The van der Waals surface area contributed by atoms with Crippen LogP contribution in [0.15, 0.2) is 54.6 Å². The van der Waals surface area contributed by atoms with Crippen LogP contribution in [0.2, 0.25) is 0 Å². The molecule has 1 aliphatic heterocycles. The molecule has 1 aliphatic rings. The second-order valence-corrected chi connectivity index (χ2v) is 7.28. The molecule has 1 N–H and O–H groups in total. The van der Waals surface area contributed by atoms with Crippen molar-refractivity contribution in [3.63, 3.8) is 0 Å². The van der Waals surface area contributed by atoms with Gasteiger partial charge in [-0.05, 0) is 43.8 Å². The zero-order chi connectivity index (χ0) is 19.2. The molecule has 5 nitrogen and oxygen atoms in total. The molecule has 1 saturated heterocycles. The van der Waals surface area contributed by atoms with Crippen LogP contribution in [0.4, 0.5) is 4.79 Å². The number of ether oxygens (including phenoxy) is 1. The molecule has 0 aliphatic carbocycles. The maximum atomic E-state index is 12.7. The maximum Gasteiger partial charge on any atom is 0.317 e. The van der Waals surface area contributed by atoms with Crippen molar-refractivity contribution in [2.75, 3.05) is 40.8 Å². The van der Waals surface area contributed by atoms with Gasteiger partial charge in [-0.1, -0.05) is 42.5 Å². The summed E-state index contributed by atoms with van der Waals surface area (Å²) >= 11 is 0. The summed E-state index contributed by atoms with van der Waals surface area (Å²) in [6.45, 7) is 2.16. The van der Waals surface area contributed by atoms with E-state index in [0.717, 1.165) is 30.8 Å². The number of likely N-dealkylation sites (N-methyl/N-ethyl adjacent to an activating group) is 1. The SMILES string of the molecule is COc1ccc(C(CNC(=O)N2CC[C@@H](c3ccccc3)C2)N(C)C)cc1.Cl. The highest BCUT2D eigenvalue weighted by atomic mass is 35.5. The number of carbonyl (C=O) groups excluding carboxylic acids is 1. The summed E-state index contributed by atoms with van der Waals surface area (Å²) in [6.07, 6.45) is 1.02. The molecular formula is C22H30ClN3O2. The van der Waals surface area contributed by atoms with Crippen molar-refractivity contribution in [3.8, 4) is 5.75 Å². The number of benzene rings is 2. The molecule has 152 valence electrons. The van der Waals surface area contributed by atoms with Gasteiger partial charge in [0, 0.05) is 25.6 Å². The molecule has 1 fully saturated rings. The van der Waals surface area contributed by atoms with E-state index in [0.29, 0.717) is 12.5 Å². The first-order valence-corrected chi connectivity index (χ1v) is 9.46. The van der Waals surface area contributed by atoms with Crippen LogP contribution in [-0.2, 0) is 0 Å². The highest BCUT2D eigenvalue weighted by molar-refractivity contribution is 5.85. The lowest BCUT2D eigenvalue weighted by Gasteiger charge is -2.26. The van der Waals surface area contributed by atoms with Crippen LogP contribution >= 0.6 is 12.4 Å². The molecule has 0 radical (unpaired) electrons. The summed E-state index contributed by atoms with van der Waals surface area (Å²) in [5.74, 6) is 1.27. The van der Waals surface area contributed by atoms with Gasteiger partial charge in [0.25, 0.3) is 0 Å². The molecular weight excluding hydrogens is 374 g/mol. The van der Waals surface area contributed by atoms with E-state index < -0.39 is 0 Å². The Bertz CT molecular complexity index is 737. The van der Waals surface area contributed by atoms with Crippen LogP contribution in [0, 0.1) is 0 Å². The van der Waals surface area contributed by atoms with Gasteiger partial charge >= 0.3 is 6.03 Å². The molecule has 28 heavy (non-hydrogen) atoms. The van der Waals surface area contributed by atoms with Gasteiger partial charge < -0.3 is 19.9 Å². The van der Waals surface area contributed by atoms with E-state index in [1.165, 1.54) is 5.56 Å². The highest BCUT2D eigenvalue weighted by Crippen LogP contribution is 2.27. The first-order chi connectivity index (χ1) is 13.1. The molecule has 0 bridgehead atoms. The minimum atomic E-state index is 0. The third kappa shape index (κ3) is 5.40. The number of nitrogens with zero attached hydrogens (tertiary/aromatic N) is 2. The normalized spacial score (nSPS) is 17.1. The number of halogens is 1. The second-order valence-electron chi connectivity index (χ2n) is 7.28. The van der Waals surface area contributed by atoms with Gasteiger partial charge in [-0.15, -0.1) is 12.4 Å². The van der Waals surface area contributed by atoms with Crippen LogP contribution in [0.25, 0.3) is 0 Å². The van der Waals surface area contributed by atoms with Crippen molar-refractivity contribution in [1.82, 2.24) is 15.1 Å². The molecule has 2 atom stereocenters. The van der Waals surface area contributed by atoms with E-state index in [1.54, 1.807) is 7.11 Å². The first kappa shape index (κ1) is 22.1. The van der Waals surface area contributed by atoms with Crippen molar-refractivity contribution in [3.05, 3.63) is 65.7 Å². The maximum absolute atomic E-state index is 12.7. The van der Waals surface area contributed by atoms with E-state index in [2.05, 4.69) is 46.6 Å². The van der Waals surface area contributed by atoms with Crippen molar-refractivity contribution < 1.29 is 9.53 Å². The number of nitrogens with one attached hydrogen (secondary N) is 1. The smallest absolute Gasteiger partial charge is 0.317 e. The Morgan fingerprint density at radius 1 is 1.18 bits per heavy atom. The quantitative estimate of drug-likeness (QED) is 0.795. The lowest BCUT2D eigenvalue weighted by molar-refractivity contribution is 0.202. The lowest BCUT2D eigenvalue weighted by Crippen LogP contribution is -2.42. The summed E-state index contributed by atoms with van der Waals surface area (Å²) in [4.78, 5) is 16.7. The predicted octanol–water partition coefficient (Wildman–Crippen LogP) is 3.92. The summed E-state index contributed by atoms with van der Waals surface area (Å²) in [6, 6.07) is 18.6. The Morgan fingerprint density at radius 2 is 1.86 bits per heavy atom. The third-order valence-electron chi connectivity index (χ3n) is 5.32. The first-order valence-electron chi connectivity index (χ1n) is 9.46. The van der Waals surface area contributed by atoms with Gasteiger partial charge in [-0.25, -0.2) is 4.79 Å². The Morgan fingerprint density at radius 3 is 2.46 bits per heavy atom. The number of hydrogen-bond acceptors (Lipinski definition) is 3. The monoisotopic (exact) mass is 403 g/mol. The Labute approximate surface area is 174 Å². The number of carbonyl (C=O) groups is 1. The van der Waals surface area contributed by atoms with Crippen molar-refractivity contribution >= 4 is 18.4 Å². The molecule has 0 saturated carbocycles. The summed E-state index contributed by atoms with van der Waals surface area (Å²) < 4.78 is 5.23. The van der Waals surface area contributed by atoms with Crippen molar-refractivity contribution in [1.29, 1.82) is 0 Å². The number of hydrogen-bond donors (Lipinski definition) is 1. The third-order valence-corrected chi connectivity index (χ3v) is 5.32. The van der Waals surface area contributed by atoms with E-state index >= 15 is 0 Å². The average Bonchev–Trinajstić information content (AvgIpc) is 3.19. The Hall–Kier alpha value is -2.24. The van der Waals surface area contributed by atoms with Crippen LogP contribution in [0.3, 0.4) is 0 Å². The van der Waals surface area contributed by atoms with Gasteiger partial charge in [0.05, 0.1) is 13.2 Å². The van der Waals surface area contributed by atoms with E-state index in [1.807, 2.05) is 37.2 Å². The molecule has 2 aromatic carbocycles. The molecule has 0 spiro atoms.